The molecule has 13 heavy (non-hydrogen) atoms. The van der Waals surface area contributed by atoms with Gasteiger partial charge in [-0.25, -0.2) is 22.3 Å². The number of rotatable bonds is 1. The van der Waals surface area contributed by atoms with Gasteiger partial charge in [0.1, 0.15) is 0 Å². The van der Waals surface area contributed by atoms with E-state index in [0.717, 1.165) is 13.3 Å². The van der Waals surface area contributed by atoms with E-state index in [9.17, 15) is 18.0 Å². The van der Waals surface area contributed by atoms with E-state index in [2.05, 4.69) is 5.32 Å². The summed E-state index contributed by atoms with van der Waals surface area (Å²) in [6.07, 6.45) is 0.858. The van der Waals surface area contributed by atoms with Crippen LogP contribution < -0.4 is 10.6 Å². The highest BCUT2D eigenvalue weighted by Gasteiger charge is 2.19. The van der Waals surface area contributed by atoms with Gasteiger partial charge in [0.2, 0.25) is 10.0 Å². The third-order valence-corrected chi connectivity index (χ3v) is 2.39. The van der Waals surface area contributed by atoms with Gasteiger partial charge in [0.15, 0.2) is 0 Å². The smallest absolute Gasteiger partial charge is 0.338 e. The zero-order chi connectivity index (χ0) is 10.6. The first-order chi connectivity index (χ1) is 5.79. The van der Waals surface area contributed by atoms with Gasteiger partial charge >= 0.3 is 12.1 Å². The molecule has 8 heteroatoms. The van der Waals surface area contributed by atoms with Crippen molar-refractivity contribution >= 4 is 22.1 Å². The number of amides is 4. The van der Waals surface area contributed by atoms with Gasteiger partial charge in [0.25, 0.3) is 0 Å². The maximum atomic E-state index is 10.9. The lowest BCUT2D eigenvalue weighted by molar-refractivity contribution is 0.220. The predicted octanol–water partition coefficient (Wildman–Crippen LogP) is -1.07. The first-order valence-corrected chi connectivity index (χ1v) is 5.10. The molecule has 0 aromatic heterocycles. The molecule has 0 heterocycles. The van der Waals surface area contributed by atoms with Gasteiger partial charge in [-0.05, 0) is 0 Å². The van der Waals surface area contributed by atoms with Crippen LogP contribution >= 0.6 is 0 Å². The molecule has 0 atom stereocenters. The number of imide groups is 1. The van der Waals surface area contributed by atoms with Crippen molar-refractivity contribution in [3.05, 3.63) is 0 Å². The summed E-state index contributed by atoms with van der Waals surface area (Å²) in [6, 6.07) is -1.76. The van der Waals surface area contributed by atoms with E-state index in [0.29, 0.717) is 4.31 Å². The number of nitrogens with zero attached hydrogens (tertiary/aromatic N) is 1. The first-order valence-electron chi connectivity index (χ1n) is 3.25. The Morgan fingerprint density at radius 2 is 1.77 bits per heavy atom. The predicted molar refractivity (Wildman–Crippen MR) is 45.6 cm³/mol. The average molecular weight is 209 g/mol. The molecule has 0 radical (unpaired) electrons. The Kier molecular flexibility index (Phi) is 3.67. The maximum absolute atomic E-state index is 10.9. The fourth-order valence-corrected chi connectivity index (χ4v) is 0.736. The van der Waals surface area contributed by atoms with Crippen molar-refractivity contribution in [2.24, 2.45) is 0 Å². The number of carbonyl (C=O) groups excluding carboxylic acids is 2. The molecule has 0 aliphatic rings. The Morgan fingerprint density at radius 1 is 1.31 bits per heavy atom. The van der Waals surface area contributed by atoms with Crippen LogP contribution in [0.25, 0.3) is 0 Å². The van der Waals surface area contributed by atoms with Gasteiger partial charge in [-0.2, -0.15) is 0 Å². The highest BCUT2D eigenvalue weighted by molar-refractivity contribution is 7.88. The number of hydrogen-bond donors (Lipinski definition) is 2. The number of nitrogens with one attached hydrogen (secondary N) is 2. The summed E-state index contributed by atoms with van der Waals surface area (Å²) in [5.74, 6) is 0. The van der Waals surface area contributed by atoms with Crippen molar-refractivity contribution in [2.75, 3.05) is 20.4 Å². The van der Waals surface area contributed by atoms with E-state index in [1.54, 1.807) is 5.32 Å². The van der Waals surface area contributed by atoms with Crippen LogP contribution in [-0.2, 0) is 10.0 Å². The molecular formula is C5H11N3O4S. The summed E-state index contributed by atoms with van der Waals surface area (Å²) in [7, 11) is -1.26. The van der Waals surface area contributed by atoms with Crippen molar-refractivity contribution in [3.8, 4) is 0 Å². The van der Waals surface area contributed by atoms with Crippen molar-refractivity contribution in [1.29, 1.82) is 0 Å². The zero-order valence-electron chi connectivity index (χ0n) is 7.49. The fourth-order valence-electron chi connectivity index (χ4n) is 0.389. The van der Waals surface area contributed by atoms with Gasteiger partial charge < -0.3 is 5.32 Å². The number of hydrogen-bond acceptors (Lipinski definition) is 4. The molecule has 0 aliphatic carbocycles. The second kappa shape index (κ2) is 4.08. The second-order valence-electron chi connectivity index (χ2n) is 2.24. The molecule has 0 spiro atoms. The summed E-state index contributed by atoms with van der Waals surface area (Å²) in [4.78, 5) is 21.5. The van der Waals surface area contributed by atoms with E-state index in [-0.39, 0.29) is 0 Å². The van der Waals surface area contributed by atoms with E-state index in [1.807, 2.05) is 0 Å². The van der Waals surface area contributed by atoms with Gasteiger partial charge in [0.05, 0.1) is 6.26 Å². The Labute approximate surface area is 76.1 Å². The molecule has 76 valence electrons. The van der Waals surface area contributed by atoms with E-state index in [1.165, 1.54) is 7.05 Å². The topological polar surface area (TPSA) is 95.6 Å². The molecule has 4 amide bonds. The minimum atomic E-state index is -3.61. The van der Waals surface area contributed by atoms with E-state index >= 15 is 0 Å². The Balaban J connectivity index is 4.38. The average Bonchev–Trinajstić information content (AvgIpc) is 2.01. The molecule has 2 N–H and O–H groups in total. The maximum Gasteiger partial charge on any atom is 0.338 e. The van der Waals surface area contributed by atoms with Crippen LogP contribution in [0.1, 0.15) is 0 Å². The summed E-state index contributed by atoms with van der Waals surface area (Å²) < 4.78 is 22.0. The lowest BCUT2D eigenvalue weighted by Gasteiger charge is -2.13. The van der Waals surface area contributed by atoms with Crippen LogP contribution in [0.4, 0.5) is 9.59 Å². The Hall–Kier alpha value is -1.31. The van der Waals surface area contributed by atoms with Gasteiger partial charge in [-0.1, -0.05) is 0 Å². The molecule has 0 bridgehead atoms. The molecule has 0 aliphatic heterocycles. The molecule has 0 saturated heterocycles. The lowest BCUT2D eigenvalue weighted by Crippen LogP contribution is -2.46. The molecule has 0 rings (SSSR count). The lowest BCUT2D eigenvalue weighted by atomic mass is 10.8. The fraction of sp³-hybridized carbons (Fsp3) is 0.600. The van der Waals surface area contributed by atoms with E-state index in [4.69, 9.17) is 0 Å². The van der Waals surface area contributed by atoms with Crippen LogP contribution in [-0.4, -0.2) is 45.1 Å². The van der Waals surface area contributed by atoms with Crippen LogP contribution in [0, 0.1) is 0 Å². The van der Waals surface area contributed by atoms with Gasteiger partial charge in [0, 0.05) is 14.1 Å². The standard InChI is InChI=1S/C5H11N3O4S/c1-6-4(9)7-5(10)8(2)13(3,11)12/h1-3H3,(H2,6,7,9,10). The highest BCUT2D eigenvalue weighted by Crippen LogP contribution is 1.92. The summed E-state index contributed by atoms with van der Waals surface area (Å²) in [5.41, 5.74) is 0. The zero-order valence-corrected chi connectivity index (χ0v) is 8.30. The Bertz CT molecular complexity index is 310. The number of carbonyl (C=O) groups is 2. The van der Waals surface area contributed by atoms with Crippen LogP contribution in [0.5, 0.6) is 0 Å². The minimum absolute atomic E-state index is 0.433. The van der Waals surface area contributed by atoms with Gasteiger partial charge in [-0.3, -0.25) is 5.32 Å². The third kappa shape index (κ3) is 3.74. The molecular weight excluding hydrogens is 198 g/mol. The quantitative estimate of drug-likeness (QED) is 0.574. The second-order valence-corrected chi connectivity index (χ2v) is 4.25. The van der Waals surface area contributed by atoms with Crippen LogP contribution in [0.15, 0.2) is 0 Å². The third-order valence-electron chi connectivity index (χ3n) is 1.23. The monoisotopic (exact) mass is 209 g/mol. The minimum Gasteiger partial charge on any atom is -0.341 e. The van der Waals surface area contributed by atoms with Crippen molar-refractivity contribution < 1.29 is 18.0 Å². The van der Waals surface area contributed by atoms with Gasteiger partial charge in [-0.15, -0.1) is 0 Å². The normalized spacial score (nSPS) is 10.4. The SMILES string of the molecule is CNC(=O)NC(=O)N(C)S(C)(=O)=O. The van der Waals surface area contributed by atoms with E-state index < -0.39 is 22.1 Å². The highest BCUT2D eigenvalue weighted by atomic mass is 32.2. The number of urea groups is 2. The Morgan fingerprint density at radius 3 is 2.08 bits per heavy atom. The molecule has 7 nitrogen and oxygen atoms in total. The molecule has 0 saturated carbocycles. The van der Waals surface area contributed by atoms with Crippen molar-refractivity contribution in [2.45, 2.75) is 0 Å². The summed E-state index contributed by atoms with van der Waals surface area (Å²) in [6.45, 7) is 0. The molecule has 0 unspecified atom stereocenters. The first kappa shape index (κ1) is 11.7. The molecule has 0 aromatic rings. The summed E-state index contributed by atoms with van der Waals surface area (Å²) in [5, 5.41) is 3.90. The van der Waals surface area contributed by atoms with Crippen LogP contribution in [0.2, 0.25) is 0 Å². The largest absolute Gasteiger partial charge is 0.341 e. The number of sulfonamides is 1. The molecule has 0 fully saturated rings. The molecule has 0 aromatic carbocycles. The van der Waals surface area contributed by atoms with Crippen molar-refractivity contribution in [3.63, 3.8) is 0 Å². The summed E-state index contributed by atoms with van der Waals surface area (Å²) >= 11 is 0. The van der Waals surface area contributed by atoms with Crippen molar-refractivity contribution in [1.82, 2.24) is 14.9 Å². The van der Waals surface area contributed by atoms with Crippen LogP contribution in [0.3, 0.4) is 0 Å².